The average molecular weight is 492 g/mol. The number of Topliss-reactive ketones (excluding diaryl/α,β-unsaturated/α-hetero) is 1. The SMILES string of the molecule is CCN(CC)CCN1C(=O)C(=O)/C(=C(\O)c2ccc(Cl)cc2)C1c1ccc(Br)cc1. The monoisotopic (exact) mass is 490 g/mol. The van der Waals surface area contributed by atoms with Crippen molar-refractivity contribution < 1.29 is 14.7 Å². The fourth-order valence-corrected chi connectivity index (χ4v) is 4.04. The van der Waals surface area contributed by atoms with Gasteiger partial charge in [-0.25, -0.2) is 0 Å². The van der Waals surface area contributed by atoms with Crippen LogP contribution in [0.25, 0.3) is 5.76 Å². The summed E-state index contributed by atoms with van der Waals surface area (Å²) in [5.74, 6) is -1.45. The molecule has 0 aliphatic carbocycles. The fourth-order valence-electron chi connectivity index (χ4n) is 3.65. The Morgan fingerprint density at radius 1 is 1.07 bits per heavy atom. The van der Waals surface area contributed by atoms with Crippen LogP contribution in [0.4, 0.5) is 0 Å². The number of rotatable bonds is 7. The normalized spacial score (nSPS) is 18.4. The molecule has 1 aliphatic heterocycles. The number of carbonyl (C=O) groups is 2. The summed E-state index contributed by atoms with van der Waals surface area (Å²) in [6.45, 7) is 6.87. The molecule has 5 nitrogen and oxygen atoms in total. The number of hydrogen-bond donors (Lipinski definition) is 1. The van der Waals surface area contributed by atoms with Gasteiger partial charge >= 0.3 is 0 Å². The number of carbonyl (C=O) groups excluding carboxylic acids is 2. The third kappa shape index (κ3) is 4.61. The van der Waals surface area contributed by atoms with Crippen LogP contribution in [0.2, 0.25) is 5.02 Å². The molecule has 158 valence electrons. The zero-order valence-electron chi connectivity index (χ0n) is 16.9. The van der Waals surface area contributed by atoms with E-state index >= 15 is 0 Å². The van der Waals surface area contributed by atoms with Crippen molar-refractivity contribution in [2.75, 3.05) is 26.2 Å². The molecule has 1 fully saturated rings. The molecule has 1 heterocycles. The summed E-state index contributed by atoms with van der Waals surface area (Å²) in [7, 11) is 0. The Hall–Kier alpha value is -2.15. The second-order valence-electron chi connectivity index (χ2n) is 7.08. The smallest absolute Gasteiger partial charge is 0.295 e. The van der Waals surface area contributed by atoms with Crippen LogP contribution in [-0.2, 0) is 9.59 Å². The van der Waals surface area contributed by atoms with Crippen molar-refractivity contribution in [2.45, 2.75) is 19.9 Å². The van der Waals surface area contributed by atoms with E-state index in [4.69, 9.17) is 11.6 Å². The maximum absolute atomic E-state index is 13.0. The van der Waals surface area contributed by atoms with Crippen LogP contribution in [0, 0.1) is 0 Å². The van der Waals surface area contributed by atoms with Gasteiger partial charge in [0.2, 0.25) is 0 Å². The Morgan fingerprint density at radius 3 is 2.23 bits per heavy atom. The summed E-state index contributed by atoms with van der Waals surface area (Å²) >= 11 is 9.37. The number of benzene rings is 2. The van der Waals surface area contributed by atoms with Gasteiger partial charge in [0.1, 0.15) is 5.76 Å². The van der Waals surface area contributed by atoms with E-state index in [1.165, 1.54) is 0 Å². The maximum Gasteiger partial charge on any atom is 0.295 e. The minimum atomic E-state index is -0.671. The molecule has 1 N–H and O–H groups in total. The first-order valence-electron chi connectivity index (χ1n) is 9.89. The van der Waals surface area contributed by atoms with Crippen molar-refractivity contribution in [2.24, 2.45) is 0 Å². The van der Waals surface area contributed by atoms with E-state index in [0.29, 0.717) is 23.7 Å². The van der Waals surface area contributed by atoms with Crippen molar-refractivity contribution in [1.82, 2.24) is 9.80 Å². The first kappa shape index (κ1) is 22.5. The number of ketones is 1. The highest BCUT2D eigenvalue weighted by Crippen LogP contribution is 2.39. The second kappa shape index (κ2) is 9.77. The second-order valence-corrected chi connectivity index (χ2v) is 8.43. The maximum atomic E-state index is 13.0. The van der Waals surface area contributed by atoms with Gasteiger partial charge in [-0.15, -0.1) is 0 Å². The molecule has 1 aliphatic rings. The lowest BCUT2D eigenvalue weighted by atomic mass is 9.95. The number of likely N-dealkylation sites (tertiary alicyclic amines) is 1. The van der Waals surface area contributed by atoms with Crippen LogP contribution >= 0.6 is 27.5 Å². The molecule has 0 spiro atoms. The molecule has 1 saturated heterocycles. The lowest BCUT2D eigenvalue weighted by molar-refractivity contribution is -0.140. The topological polar surface area (TPSA) is 60.9 Å². The van der Waals surface area contributed by atoms with Gasteiger partial charge in [-0.05, 0) is 55.1 Å². The lowest BCUT2D eigenvalue weighted by Gasteiger charge is -2.28. The standard InChI is InChI=1S/C23H24BrClN2O3/c1-3-26(4-2)13-14-27-20(15-5-9-17(24)10-6-15)19(22(29)23(27)30)21(28)16-7-11-18(25)12-8-16/h5-12,20,28H,3-4,13-14H2,1-2H3/b21-19-. The van der Waals surface area contributed by atoms with Crippen molar-refractivity contribution in [3.05, 3.63) is 74.7 Å². The predicted molar refractivity (Wildman–Crippen MR) is 122 cm³/mol. The molecule has 0 radical (unpaired) electrons. The Labute approximate surface area is 190 Å². The van der Waals surface area contributed by atoms with Crippen LogP contribution in [0.1, 0.15) is 31.0 Å². The van der Waals surface area contributed by atoms with Crippen LogP contribution in [0.15, 0.2) is 58.6 Å². The van der Waals surface area contributed by atoms with Crippen molar-refractivity contribution >= 4 is 45.0 Å². The van der Waals surface area contributed by atoms with E-state index in [1.54, 1.807) is 29.2 Å². The molecule has 7 heteroatoms. The van der Waals surface area contributed by atoms with Crippen LogP contribution in [0.5, 0.6) is 0 Å². The molecule has 1 atom stereocenters. The van der Waals surface area contributed by atoms with E-state index in [1.807, 2.05) is 24.3 Å². The summed E-state index contributed by atoms with van der Waals surface area (Å²) in [4.78, 5) is 29.7. The number of hydrogen-bond acceptors (Lipinski definition) is 4. The molecule has 2 aromatic rings. The number of aliphatic hydroxyl groups is 1. The highest BCUT2D eigenvalue weighted by Gasteiger charge is 2.45. The average Bonchev–Trinajstić information content (AvgIpc) is 3.00. The number of amides is 1. The highest BCUT2D eigenvalue weighted by molar-refractivity contribution is 9.10. The van der Waals surface area contributed by atoms with Gasteiger partial charge in [-0.2, -0.15) is 0 Å². The molecule has 0 bridgehead atoms. The van der Waals surface area contributed by atoms with E-state index < -0.39 is 17.7 Å². The largest absolute Gasteiger partial charge is 0.507 e. The molecular weight excluding hydrogens is 468 g/mol. The third-order valence-corrected chi connectivity index (χ3v) is 6.18. The van der Waals surface area contributed by atoms with Gasteiger partial charge in [0, 0.05) is 28.1 Å². The van der Waals surface area contributed by atoms with Crippen molar-refractivity contribution in [3.8, 4) is 0 Å². The fraction of sp³-hybridized carbons (Fsp3) is 0.304. The molecule has 3 rings (SSSR count). The van der Waals surface area contributed by atoms with Gasteiger partial charge < -0.3 is 14.9 Å². The predicted octanol–water partition coefficient (Wildman–Crippen LogP) is 4.87. The first-order valence-corrected chi connectivity index (χ1v) is 11.1. The number of likely N-dealkylation sites (N-methyl/N-ethyl adjacent to an activating group) is 1. The summed E-state index contributed by atoms with van der Waals surface area (Å²) in [6, 6.07) is 13.4. The molecule has 30 heavy (non-hydrogen) atoms. The zero-order valence-corrected chi connectivity index (χ0v) is 19.3. The van der Waals surface area contributed by atoms with Gasteiger partial charge in [0.05, 0.1) is 11.6 Å². The Morgan fingerprint density at radius 2 is 1.67 bits per heavy atom. The van der Waals surface area contributed by atoms with Gasteiger partial charge in [0.25, 0.3) is 11.7 Å². The minimum absolute atomic E-state index is 0.101. The van der Waals surface area contributed by atoms with Crippen molar-refractivity contribution in [3.63, 3.8) is 0 Å². The van der Waals surface area contributed by atoms with Gasteiger partial charge in [-0.3, -0.25) is 9.59 Å². The Balaban J connectivity index is 2.08. The molecular formula is C23H24BrClN2O3. The highest BCUT2D eigenvalue weighted by atomic mass is 79.9. The van der Waals surface area contributed by atoms with E-state index in [2.05, 4.69) is 34.7 Å². The molecule has 1 amide bonds. The van der Waals surface area contributed by atoms with E-state index in [9.17, 15) is 14.7 Å². The van der Waals surface area contributed by atoms with E-state index in [-0.39, 0.29) is 11.3 Å². The van der Waals surface area contributed by atoms with Crippen LogP contribution < -0.4 is 0 Å². The third-order valence-electron chi connectivity index (χ3n) is 5.39. The quantitative estimate of drug-likeness (QED) is 0.341. The van der Waals surface area contributed by atoms with Gasteiger partial charge in [0.15, 0.2) is 0 Å². The van der Waals surface area contributed by atoms with Gasteiger partial charge in [-0.1, -0.05) is 53.5 Å². The van der Waals surface area contributed by atoms with E-state index in [0.717, 1.165) is 23.1 Å². The number of nitrogens with zero attached hydrogens (tertiary/aromatic N) is 2. The summed E-state index contributed by atoms with van der Waals surface area (Å²) in [5.41, 5.74) is 1.32. The summed E-state index contributed by atoms with van der Waals surface area (Å²) in [5, 5.41) is 11.5. The Kier molecular flexibility index (Phi) is 7.34. The molecule has 0 saturated carbocycles. The zero-order chi connectivity index (χ0) is 21.8. The Bertz CT molecular complexity index is 953. The molecule has 0 aromatic heterocycles. The lowest BCUT2D eigenvalue weighted by Crippen LogP contribution is -2.38. The first-order chi connectivity index (χ1) is 14.4. The summed E-state index contributed by atoms with van der Waals surface area (Å²) in [6.07, 6.45) is 0. The molecule has 2 aromatic carbocycles. The molecule has 1 unspecified atom stereocenters. The van der Waals surface area contributed by atoms with Crippen molar-refractivity contribution in [1.29, 1.82) is 0 Å². The minimum Gasteiger partial charge on any atom is -0.507 e. The van der Waals surface area contributed by atoms with Crippen LogP contribution in [0.3, 0.4) is 0 Å². The van der Waals surface area contributed by atoms with Crippen LogP contribution in [-0.4, -0.2) is 52.8 Å². The number of aliphatic hydroxyl groups excluding tert-OH is 1. The summed E-state index contributed by atoms with van der Waals surface area (Å²) < 4.78 is 0.893. The number of halogens is 2.